The molecule has 11 heteroatoms. The van der Waals surface area contributed by atoms with E-state index in [4.69, 9.17) is 14.9 Å². The highest BCUT2D eigenvalue weighted by Crippen LogP contribution is 2.20. The topological polar surface area (TPSA) is 180 Å². The molecule has 1 fully saturated rings. The molecule has 0 spiro atoms. The van der Waals surface area contributed by atoms with Crippen LogP contribution in [-0.2, 0) is 14.3 Å². The lowest BCUT2D eigenvalue weighted by atomic mass is 9.98. The Balaban J connectivity index is 2.99. The molecule has 11 nitrogen and oxygen atoms in total. The minimum atomic E-state index is -1.71. The second-order valence-corrected chi connectivity index (χ2v) is 5.29. The first-order valence-electron chi connectivity index (χ1n) is 6.89. The van der Waals surface area contributed by atoms with E-state index in [1.54, 1.807) is 0 Å². The number of carbonyl (C=O) groups is 2. The van der Waals surface area contributed by atoms with E-state index in [0.29, 0.717) is 5.01 Å². The van der Waals surface area contributed by atoms with Crippen molar-refractivity contribution in [3.63, 3.8) is 0 Å². The van der Waals surface area contributed by atoms with Crippen LogP contribution in [-0.4, -0.2) is 96.9 Å². The summed E-state index contributed by atoms with van der Waals surface area (Å²) in [6.45, 7) is 1.50. The molecule has 0 aromatic heterocycles. The number of aliphatic hydroxyl groups is 5. The molecule has 0 saturated carbocycles. The number of hydrogen-bond acceptors (Lipinski definition) is 9. The number of hydrogen-bond donors (Lipinski definition) is 7. The summed E-state index contributed by atoms with van der Waals surface area (Å²) >= 11 is 0. The maximum Gasteiger partial charge on any atom is 0.330 e. The van der Waals surface area contributed by atoms with Gasteiger partial charge in [-0.25, -0.2) is 10.2 Å². The Morgan fingerprint density at radius 1 is 1.22 bits per heavy atom. The van der Waals surface area contributed by atoms with Crippen LogP contribution < -0.4 is 5.43 Å². The Morgan fingerprint density at radius 3 is 2.17 bits per heavy atom. The lowest BCUT2D eigenvalue weighted by Crippen LogP contribution is -2.68. The highest BCUT2D eigenvalue weighted by Gasteiger charge is 2.45. The summed E-state index contributed by atoms with van der Waals surface area (Å²) < 4.78 is 5.13. The summed E-state index contributed by atoms with van der Waals surface area (Å²) in [4.78, 5) is 22.9. The quantitative estimate of drug-likeness (QED) is 0.236. The first-order chi connectivity index (χ1) is 10.6. The van der Waals surface area contributed by atoms with Gasteiger partial charge in [-0.15, -0.1) is 0 Å². The summed E-state index contributed by atoms with van der Waals surface area (Å²) in [5, 5.41) is 57.5. The van der Waals surface area contributed by atoms with Gasteiger partial charge in [0.2, 0.25) is 5.91 Å². The third-order valence-corrected chi connectivity index (χ3v) is 3.49. The Kier molecular flexibility index (Phi) is 6.83. The fourth-order valence-electron chi connectivity index (χ4n) is 2.24. The molecule has 23 heavy (non-hydrogen) atoms. The first-order valence-corrected chi connectivity index (χ1v) is 6.89. The summed E-state index contributed by atoms with van der Waals surface area (Å²) in [5.74, 6) is -2.30. The van der Waals surface area contributed by atoms with Crippen LogP contribution in [0.3, 0.4) is 0 Å². The van der Waals surface area contributed by atoms with Crippen LogP contribution in [0, 0.1) is 0 Å². The first kappa shape index (κ1) is 19.7. The van der Waals surface area contributed by atoms with E-state index < -0.39 is 61.3 Å². The van der Waals surface area contributed by atoms with Gasteiger partial charge in [-0.05, 0) is 6.92 Å². The zero-order valence-electron chi connectivity index (χ0n) is 12.6. The van der Waals surface area contributed by atoms with Crippen molar-refractivity contribution >= 4 is 11.9 Å². The third-order valence-electron chi connectivity index (χ3n) is 3.49. The average molecular weight is 338 g/mol. The van der Waals surface area contributed by atoms with E-state index >= 15 is 0 Å². The molecule has 7 N–H and O–H groups in total. The highest BCUT2D eigenvalue weighted by atomic mass is 16.6. The van der Waals surface area contributed by atoms with Gasteiger partial charge in [-0.1, -0.05) is 0 Å². The van der Waals surface area contributed by atoms with Crippen LogP contribution >= 0.6 is 0 Å². The van der Waals surface area contributed by atoms with E-state index in [-0.39, 0.29) is 0 Å². The molecular formula is C12H22N2O9. The van der Waals surface area contributed by atoms with Crippen molar-refractivity contribution in [2.75, 3.05) is 6.61 Å². The standard InChI is InChI=1S/C12H22N2O9/c1-4(16)7(12(21)22)14(5(2)17)13-11-10(20)9(19)8(18)6(3-15)23-11/h4,6-11,13,15-16,18-20H,3H2,1-2H3,(H,21,22)/t4?,6-,7?,8-,9+,10-,11?/m0/s1. The van der Waals surface area contributed by atoms with Gasteiger partial charge in [0.05, 0.1) is 12.7 Å². The number of aliphatic carboxylic acids is 1. The molecular weight excluding hydrogens is 316 g/mol. The summed E-state index contributed by atoms with van der Waals surface area (Å²) in [7, 11) is 0. The number of amides is 1. The maximum atomic E-state index is 11.7. The smallest absolute Gasteiger partial charge is 0.330 e. The highest BCUT2D eigenvalue weighted by molar-refractivity contribution is 5.82. The monoisotopic (exact) mass is 338 g/mol. The molecule has 0 bridgehead atoms. The van der Waals surface area contributed by atoms with Crippen LogP contribution in [0.4, 0.5) is 0 Å². The normalized spacial score (nSPS) is 33.8. The number of nitrogens with one attached hydrogen (secondary N) is 1. The van der Waals surface area contributed by atoms with Crippen molar-refractivity contribution in [1.82, 2.24) is 10.4 Å². The lowest BCUT2D eigenvalue weighted by molar-refractivity contribution is -0.249. The van der Waals surface area contributed by atoms with Crippen LogP contribution in [0.15, 0.2) is 0 Å². The molecule has 1 saturated heterocycles. The number of carboxylic acid groups (broad SMARTS) is 1. The van der Waals surface area contributed by atoms with Crippen molar-refractivity contribution in [2.45, 2.75) is 56.6 Å². The third kappa shape index (κ3) is 4.35. The van der Waals surface area contributed by atoms with E-state index in [1.165, 1.54) is 0 Å². The SMILES string of the molecule is CC(=O)N(NC1O[C@@H](CO)[C@H](O)[C@@H](O)[C@@H]1O)C(C(=O)O)C(C)O. The van der Waals surface area contributed by atoms with Crippen LogP contribution in [0.1, 0.15) is 13.8 Å². The molecule has 1 rings (SSSR count). The predicted octanol–water partition coefficient (Wildman–Crippen LogP) is -4.03. The molecule has 0 radical (unpaired) electrons. The van der Waals surface area contributed by atoms with Crippen LogP contribution in [0.2, 0.25) is 0 Å². The van der Waals surface area contributed by atoms with Gasteiger partial charge in [0, 0.05) is 6.92 Å². The summed E-state index contributed by atoms with van der Waals surface area (Å²) in [6.07, 6.45) is -9.16. The molecule has 3 unspecified atom stereocenters. The van der Waals surface area contributed by atoms with Gasteiger partial charge in [0.1, 0.15) is 24.4 Å². The largest absolute Gasteiger partial charge is 0.480 e. The molecule has 0 aromatic carbocycles. The van der Waals surface area contributed by atoms with Crippen molar-refractivity contribution in [3.05, 3.63) is 0 Å². The molecule has 7 atom stereocenters. The Bertz CT molecular complexity index is 431. The van der Waals surface area contributed by atoms with Gasteiger partial charge < -0.3 is 35.4 Å². The second kappa shape index (κ2) is 7.97. The summed E-state index contributed by atoms with van der Waals surface area (Å²) in [6, 6.07) is -1.68. The Labute approximate surface area is 131 Å². The fraction of sp³-hybridized carbons (Fsp3) is 0.833. The molecule has 1 amide bonds. The predicted molar refractivity (Wildman–Crippen MR) is 72.5 cm³/mol. The van der Waals surface area contributed by atoms with Crippen LogP contribution in [0.25, 0.3) is 0 Å². The number of nitrogens with zero attached hydrogens (tertiary/aromatic N) is 1. The van der Waals surface area contributed by atoms with Gasteiger partial charge in [0.25, 0.3) is 0 Å². The van der Waals surface area contributed by atoms with Crippen molar-refractivity contribution in [2.24, 2.45) is 0 Å². The number of rotatable bonds is 6. The van der Waals surface area contributed by atoms with E-state index in [0.717, 1.165) is 13.8 Å². The van der Waals surface area contributed by atoms with Gasteiger partial charge >= 0.3 is 5.97 Å². The van der Waals surface area contributed by atoms with Gasteiger partial charge in [-0.3, -0.25) is 9.80 Å². The number of ether oxygens (including phenoxy) is 1. The van der Waals surface area contributed by atoms with E-state index in [9.17, 15) is 30.0 Å². The second-order valence-electron chi connectivity index (χ2n) is 5.29. The molecule has 0 aliphatic carbocycles. The Morgan fingerprint density at radius 2 is 1.78 bits per heavy atom. The van der Waals surface area contributed by atoms with E-state index in [1.807, 2.05) is 0 Å². The number of aliphatic hydroxyl groups excluding tert-OH is 5. The average Bonchev–Trinajstić information content (AvgIpc) is 2.45. The van der Waals surface area contributed by atoms with Gasteiger partial charge in [0.15, 0.2) is 12.3 Å². The van der Waals surface area contributed by atoms with Crippen molar-refractivity contribution in [1.29, 1.82) is 0 Å². The maximum absolute atomic E-state index is 11.7. The molecule has 134 valence electrons. The zero-order chi connectivity index (χ0) is 17.9. The van der Waals surface area contributed by atoms with Crippen LogP contribution in [0.5, 0.6) is 0 Å². The molecule has 1 aliphatic heterocycles. The number of carbonyl (C=O) groups excluding carboxylic acids is 1. The van der Waals surface area contributed by atoms with Crippen molar-refractivity contribution < 1.29 is 45.0 Å². The van der Waals surface area contributed by atoms with E-state index in [2.05, 4.69) is 5.43 Å². The number of carboxylic acids is 1. The number of hydrazine groups is 1. The minimum Gasteiger partial charge on any atom is -0.480 e. The molecule has 0 aromatic rings. The zero-order valence-corrected chi connectivity index (χ0v) is 12.6. The van der Waals surface area contributed by atoms with Crippen molar-refractivity contribution in [3.8, 4) is 0 Å². The molecule has 1 aliphatic rings. The van der Waals surface area contributed by atoms with Gasteiger partial charge in [-0.2, -0.15) is 0 Å². The fourth-order valence-corrected chi connectivity index (χ4v) is 2.24. The summed E-state index contributed by atoms with van der Waals surface area (Å²) in [5.41, 5.74) is 2.27. The molecule has 1 heterocycles. The minimum absolute atomic E-state index is 0.541. The lowest BCUT2D eigenvalue weighted by Gasteiger charge is -2.43. The Hall–Kier alpha value is -1.34.